The van der Waals surface area contributed by atoms with Gasteiger partial charge in [-0.3, -0.25) is 14.5 Å². The molecule has 1 amide bonds. The van der Waals surface area contributed by atoms with Gasteiger partial charge in [0.2, 0.25) is 5.91 Å². The Labute approximate surface area is 187 Å². The summed E-state index contributed by atoms with van der Waals surface area (Å²) in [6.07, 6.45) is 0. The van der Waals surface area contributed by atoms with Gasteiger partial charge in [0.05, 0.1) is 34.3 Å². The SMILES string of the molecule is CN(CC(=O)O)CC(=O)Nc1cccc2c1cc(C(=O)O)n2Cc1ccc(Cl)c(Cl)c1. The molecule has 1 heterocycles. The number of nitrogens with one attached hydrogen (secondary N) is 1. The van der Waals surface area contributed by atoms with E-state index in [2.05, 4.69) is 5.32 Å². The van der Waals surface area contributed by atoms with Crippen molar-refractivity contribution >= 4 is 57.6 Å². The summed E-state index contributed by atoms with van der Waals surface area (Å²) >= 11 is 12.0. The highest BCUT2D eigenvalue weighted by Crippen LogP contribution is 2.29. The summed E-state index contributed by atoms with van der Waals surface area (Å²) in [4.78, 5) is 36.3. The number of carbonyl (C=O) groups excluding carboxylic acids is 1. The van der Waals surface area contributed by atoms with Gasteiger partial charge in [0.15, 0.2) is 0 Å². The topological polar surface area (TPSA) is 112 Å². The summed E-state index contributed by atoms with van der Waals surface area (Å²) in [6.45, 7) is -0.167. The van der Waals surface area contributed by atoms with Crippen LogP contribution in [0.5, 0.6) is 0 Å². The summed E-state index contributed by atoms with van der Waals surface area (Å²) in [6, 6.07) is 11.7. The number of benzene rings is 2. The van der Waals surface area contributed by atoms with E-state index in [1.54, 1.807) is 41.0 Å². The van der Waals surface area contributed by atoms with Crippen LogP contribution in [0, 0.1) is 0 Å². The quantitative estimate of drug-likeness (QED) is 0.469. The van der Waals surface area contributed by atoms with E-state index < -0.39 is 17.8 Å². The van der Waals surface area contributed by atoms with Gasteiger partial charge in [0.1, 0.15) is 5.69 Å². The third-order valence-electron chi connectivity index (χ3n) is 4.58. The average Bonchev–Trinajstić information content (AvgIpc) is 3.04. The minimum Gasteiger partial charge on any atom is -0.480 e. The second kappa shape index (κ2) is 9.38. The van der Waals surface area contributed by atoms with Gasteiger partial charge in [0, 0.05) is 11.9 Å². The molecule has 0 aliphatic rings. The average molecular weight is 464 g/mol. The van der Waals surface area contributed by atoms with Crippen molar-refractivity contribution in [3.63, 3.8) is 0 Å². The molecular weight excluding hydrogens is 445 g/mol. The second-order valence-corrected chi connectivity index (χ2v) is 7.84. The van der Waals surface area contributed by atoms with Gasteiger partial charge in [-0.25, -0.2) is 4.79 Å². The van der Waals surface area contributed by atoms with Crippen LogP contribution in [-0.2, 0) is 16.1 Å². The maximum absolute atomic E-state index is 12.3. The number of fused-ring (bicyclic) bond motifs is 1. The number of amides is 1. The lowest BCUT2D eigenvalue weighted by Gasteiger charge is -2.14. The number of hydrogen-bond acceptors (Lipinski definition) is 4. The van der Waals surface area contributed by atoms with Crippen LogP contribution in [-0.4, -0.2) is 57.7 Å². The molecule has 0 radical (unpaired) electrons. The molecule has 2 aromatic carbocycles. The first-order chi connectivity index (χ1) is 14.7. The van der Waals surface area contributed by atoms with Crippen molar-refractivity contribution in [2.45, 2.75) is 6.54 Å². The summed E-state index contributed by atoms with van der Waals surface area (Å²) in [5.74, 6) is -2.57. The Morgan fingerprint density at radius 3 is 2.42 bits per heavy atom. The number of likely N-dealkylation sites (N-methyl/N-ethyl adjacent to an activating group) is 1. The number of carboxylic acid groups (broad SMARTS) is 2. The Balaban J connectivity index is 1.94. The number of rotatable bonds is 8. The van der Waals surface area contributed by atoms with E-state index in [1.807, 2.05) is 0 Å². The highest BCUT2D eigenvalue weighted by atomic mass is 35.5. The summed E-state index contributed by atoms with van der Waals surface area (Å²) in [5, 5.41) is 22.6. The monoisotopic (exact) mass is 463 g/mol. The van der Waals surface area contributed by atoms with Gasteiger partial charge >= 0.3 is 11.9 Å². The Morgan fingerprint density at radius 2 is 1.77 bits per heavy atom. The number of aromatic carboxylic acids is 1. The molecule has 0 saturated heterocycles. The molecule has 0 aliphatic heterocycles. The number of aliphatic carboxylic acids is 1. The molecule has 3 rings (SSSR count). The molecule has 0 unspecified atom stereocenters. The maximum Gasteiger partial charge on any atom is 0.352 e. The largest absolute Gasteiger partial charge is 0.480 e. The van der Waals surface area contributed by atoms with Crippen molar-refractivity contribution < 1.29 is 24.6 Å². The minimum atomic E-state index is -1.12. The molecule has 162 valence electrons. The number of carboxylic acids is 2. The summed E-state index contributed by atoms with van der Waals surface area (Å²) in [7, 11) is 1.52. The van der Waals surface area contributed by atoms with E-state index in [0.29, 0.717) is 26.6 Å². The first-order valence-electron chi connectivity index (χ1n) is 9.15. The fourth-order valence-electron chi connectivity index (χ4n) is 3.28. The van der Waals surface area contributed by atoms with E-state index in [-0.39, 0.29) is 25.3 Å². The molecule has 8 nitrogen and oxygen atoms in total. The number of anilines is 1. The number of hydrogen-bond donors (Lipinski definition) is 3. The van der Waals surface area contributed by atoms with Crippen molar-refractivity contribution in [1.29, 1.82) is 0 Å². The second-order valence-electron chi connectivity index (χ2n) is 7.02. The number of aromatic nitrogens is 1. The molecule has 3 N–H and O–H groups in total. The molecule has 0 fully saturated rings. The van der Waals surface area contributed by atoms with E-state index >= 15 is 0 Å². The Bertz CT molecular complexity index is 1180. The van der Waals surface area contributed by atoms with Crippen LogP contribution in [0.3, 0.4) is 0 Å². The Kier molecular flexibility index (Phi) is 6.84. The number of halogens is 2. The van der Waals surface area contributed by atoms with E-state index in [1.165, 1.54) is 18.0 Å². The molecule has 31 heavy (non-hydrogen) atoms. The minimum absolute atomic E-state index is 0.0470. The first kappa shape index (κ1) is 22.6. The Hall–Kier alpha value is -3.07. The smallest absolute Gasteiger partial charge is 0.352 e. The molecular formula is C21H19Cl2N3O5. The zero-order valence-corrected chi connectivity index (χ0v) is 17.9. The molecule has 3 aromatic rings. The molecule has 0 atom stereocenters. The van der Waals surface area contributed by atoms with E-state index in [4.69, 9.17) is 28.3 Å². The Morgan fingerprint density at radius 1 is 1.03 bits per heavy atom. The molecule has 0 aliphatic carbocycles. The van der Waals surface area contributed by atoms with Crippen LogP contribution in [0.25, 0.3) is 10.9 Å². The van der Waals surface area contributed by atoms with Crippen LogP contribution in [0.4, 0.5) is 5.69 Å². The molecule has 10 heteroatoms. The highest BCUT2D eigenvalue weighted by molar-refractivity contribution is 6.42. The fourth-order valence-corrected chi connectivity index (χ4v) is 3.60. The summed E-state index contributed by atoms with van der Waals surface area (Å²) < 4.78 is 1.61. The van der Waals surface area contributed by atoms with Crippen LogP contribution in [0.2, 0.25) is 10.0 Å². The van der Waals surface area contributed by atoms with Gasteiger partial charge < -0.3 is 20.1 Å². The van der Waals surface area contributed by atoms with Crippen molar-refractivity contribution in [1.82, 2.24) is 9.47 Å². The third-order valence-corrected chi connectivity index (χ3v) is 5.32. The number of carbonyl (C=O) groups is 3. The molecule has 0 spiro atoms. The van der Waals surface area contributed by atoms with Crippen LogP contribution in [0.15, 0.2) is 42.5 Å². The molecule has 0 bridgehead atoms. The normalized spacial score (nSPS) is 11.1. The van der Waals surface area contributed by atoms with Gasteiger partial charge in [-0.1, -0.05) is 35.3 Å². The zero-order valence-electron chi connectivity index (χ0n) is 16.4. The molecule has 1 aromatic heterocycles. The lowest BCUT2D eigenvalue weighted by atomic mass is 10.2. The zero-order chi connectivity index (χ0) is 22.7. The third kappa shape index (κ3) is 5.35. The maximum atomic E-state index is 12.3. The summed E-state index contributed by atoms with van der Waals surface area (Å²) in [5.41, 5.74) is 1.85. The van der Waals surface area contributed by atoms with Crippen molar-refractivity contribution in [3.05, 3.63) is 63.8 Å². The molecule has 0 saturated carbocycles. The van der Waals surface area contributed by atoms with Crippen LogP contribution in [0.1, 0.15) is 16.1 Å². The van der Waals surface area contributed by atoms with E-state index in [9.17, 15) is 19.5 Å². The lowest BCUT2D eigenvalue weighted by Crippen LogP contribution is -2.33. The van der Waals surface area contributed by atoms with Crippen molar-refractivity contribution in [3.8, 4) is 0 Å². The standard InChI is InChI=1S/C21H19Cl2N3O5/c1-25(11-20(28)29)10-19(27)24-16-3-2-4-17-13(16)8-18(21(30)31)26(17)9-12-5-6-14(22)15(23)7-12/h2-8H,9-11H2,1H3,(H,24,27)(H,28,29)(H,30,31). The van der Waals surface area contributed by atoms with Crippen LogP contribution >= 0.6 is 23.2 Å². The van der Waals surface area contributed by atoms with E-state index in [0.717, 1.165) is 5.56 Å². The first-order valence-corrected chi connectivity index (χ1v) is 9.91. The predicted octanol–water partition coefficient (Wildman–Crippen LogP) is 3.65. The fraction of sp³-hybridized carbons (Fsp3) is 0.190. The van der Waals surface area contributed by atoms with Gasteiger partial charge in [-0.05, 0) is 42.9 Å². The predicted molar refractivity (Wildman–Crippen MR) is 118 cm³/mol. The number of nitrogens with zero attached hydrogens (tertiary/aromatic N) is 2. The van der Waals surface area contributed by atoms with Crippen LogP contribution < -0.4 is 5.32 Å². The van der Waals surface area contributed by atoms with Gasteiger partial charge in [-0.2, -0.15) is 0 Å². The lowest BCUT2D eigenvalue weighted by molar-refractivity contribution is -0.138. The van der Waals surface area contributed by atoms with Gasteiger partial charge in [0.25, 0.3) is 0 Å². The van der Waals surface area contributed by atoms with Crippen molar-refractivity contribution in [2.75, 3.05) is 25.5 Å². The highest BCUT2D eigenvalue weighted by Gasteiger charge is 2.18. The van der Waals surface area contributed by atoms with Crippen molar-refractivity contribution in [2.24, 2.45) is 0 Å². The van der Waals surface area contributed by atoms with Gasteiger partial charge in [-0.15, -0.1) is 0 Å².